The lowest BCUT2D eigenvalue weighted by atomic mass is 9.85. The average molecular weight is 329 g/mol. The van der Waals surface area contributed by atoms with E-state index in [1.54, 1.807) is 0 Å². The summed E-state index contributed by atoms with van der Waals surface area (Å²) in [5, 5.41) is 0. The first-order chi connectivity index (χ1) is 11.7. The van der Waals surface area contributed by atoms with Gasteiger partial charge in [-0.1, -0.05) is 6.42 Å². The van der Waals surface area contributed by atoms with Crippen molar-refractivity contribution in [3.05, 3.63) is 23.8 Å². The first-order valence-electron chi connectivity index (χ1n) is 9.70. The molecule has 0 unspecified atom stereocenters. The van der Waals surface area contributed by atoms with E-state index in [0.717, 1.165) is 18.4 Å². The highest BCUT2D eigenvalue weighted by Gasteiger charge is 2.33. The summed E-state index contributed by atoms with van der Waals surface area (Å²) in [6, 6.07) is 1.45. The Morgan fingerprint density at radius 2 is 1.71 bits per heavy atom. The van der Waals surface area contributed by atoms with E-state index in [1.165, 1.54) is 64.1 Å². The second-order valence-corrected chi connectivity index (χ2v) is 8.09. The number of likely N-dealkylation sites (tertiary alicyclic amines) is 1. The van der Waals surface area contributed by atoms with Gasteiger partial charge in [-0.3, -0.25) is 14.7 Å². The molecule has 1 saturated carbocycles. The fourth-order valence-electron chi connectivity index (χ4n) is 4.10. The first kappa shape index (κ1) is 16.4. The lowest BCUT2D eigenvalue weighted by molar-refractivity contribution is -0.00420. The fourth-order valence-corrected chi connectivity index (χ4v) is 4.10. The molecule has 0 aromatic carbocycles. The molecule has 0 atom stereocenters. The number of aromatic nitrogens is 2. The highest BCUT2D eigenvalue weighted by molar-refractivity contribution is 5.10. The van der Waals surface area contributed by atoms with Crippen molar-refractivity contribution < 1.29 is 0 Å². The van der Waals surface area contributed by atoms with E-state index in [4.69, 9.17) is 0 Å². The number of hydrogen-bond acceptors (Lipinski definition) is 5. The highest BCUT2D eigenvalue weighted by atomic mass is 15.4. The molecule has 0 N–H and O–H groups in total. The van der Waals surface area contributed by atoms with Gasteiger partial charge in [0.05, 0.1) is 0 Å². The summed E-state index contributed by atoms with van der Waals surface area (Å²) in [7, 11) is 0. The lowest BCUT2D eigenvalue weighted by Crippen LogP contribution is -2.63. The molecule has 1 aliphatic carbocycles. The van der Waals surface area contributed by atoms with Gasteiger partial charge in [0.15, 0.2) is 0 Å². The second kappa shape index (κ2) is 7.06. The third-order valence-electron chi connectivity index (χ3n) is 6.14. The van der Waals surface area contributed by atoms with Gasteiger partial charge in [-0.15, -0.1) is 0 Å². The molecule has 4 rings (SSSR count). The van der Waals surface area contributed by atoms with Crippen LogP contribution in [0.25, 0.3) is 0 Å². The molecule has 1 aromatic heterocycles. The van der Waals surface area contributed by atoms with Crippen molar-refractivity contribution in [3.63, 3.8) is 0 Å². The zero-order valence-electron chi connectivity index (χ0n) is 15.2. The van der Waals surface area contributed by atoms with Crippen molar-refractivity contribution >= 4 is 0 Å². The van der Waals surface area contributed by atoms with Gasteiger partial charge >= 0.3 is 0 Å². The van der Waals surface area contributed by atoms with Crippen molar-refractivity contribution in [2.24, 2.45) is 0 Å². The van der Waals surface area contributed by atoms with E-state index in [2.05, 4.69) is 50.9 Å². The Balaban J connectivity index is 1.20. The van der Waals surface area contributed by atoms with Crippen LogP contribution in [0, 0.1) is 0 Å². The van der Waals surface area contributed by atoms with E-state index in [9.17, 15) is 0 Å². The van der Waals surface area contributed by atoms with Gasteiger partial charge in [0.25, 0.3) is 0 Å². The molecule has 132 valence electrons. The molecule has 2 aliphatic heterocycles. The summed E-state index contributed by atoms with van der Waals surface area (Å²) in [5.41, 5.74) is 1.26. The molecule has 5 heteroatoms. The Morgan fingerprint density at radius 1 is 1.04 bits per heavy atom. The molecule has 0 radical (unpaired) electrons. The topological polar surface area (TPSA) is 35.5 Å². The van der Waals surface area contributed by atoms with E-state index >= 15 is 0 Å². The summed E-state index contributed by atoms with van der Waals surface area (Å²) in [4.78, 5) is 17.0. The van der Waals surface area contributed by atoms with Gasteiger partial charge in [-0.25, -0.2) is 9.97 Å². The van der Waals surface area contributed by atoms with Gasteiger partial charge in [0, 0.05) is 81.8 Å². The van der Waals surface area contributed by atoms with Crippen molar-refractivity contribution in [1.29, 1.82) is 0 Å². The predicted octanol–water partition coefficient (Wildman–Crippen LogP) is 1.95. The molecular formula is C19H31N5. The Labute approximate surface area is 146 Å². The third-order valence-corrected chi connectivity index (χ3v) is 6.14. The molecule has 0 spiro atoms. The summed E-state index contributed by atoms with van der Waals surface area (Å²) >= 11 is 0. The number of nitrogens with zero attached hydrogens (tertiary/aromatic N) is 5. The predicted molar refractivity (Wildman–Crippen MR) is 96.0 cm³/mol. The van der Waals surface area contributed by atoms with Gasteiger partial charge in [0.1, 0.15) is 5.82 Å². The minimum atomic E-state index is 0.636. The van der Waals surface area contributed by atoms with Crippen LogP contribution in [0.5, 0.6) is 0 Å². The van der Waals surface area contributed by atoms with Crippen LogP contribution in [-0.2, 0) is 6.54 Å². The Bertz CT molecular complexity index is 525. The van der Waals surface area contributed by atoms with E-state index < -0.39 is 0 Å². The summed E-state index contributed by atoms with van der Waals surface area (Å²) in [6.45, 7) is 12.9. The summed E-state index contributed by atoms with van der Waals surface area (Å²) in [6.07, 6.45) is 8.00. The summed E-state index contributed by atoms with van der Waals surface area (Å²) < 4.78 is 0. The van der Waals surface area contributed by atoms with Gasteiger partial charge in [-0.05, 0) is 26.7 Å². The minimum absolute atomic E-state index is 0.636. The molecule has 0 bridgehead atoms. The van der Waals surface area contributed by atoms with Crippen LogP contribution in [0.1, 0.15) is 50.4 Å². The first-order valence-corrected chi connectivity index (χ1v) is 9.70. The van der Waals surface area contributed by atoms with Gasteiger partial charge in [-0.2, -0.15) is 0 Å². The Hall–Kier alpha value is -1.04. The molecule has 2 saturated heterocycles. The van der Waals surface area contributed by atoms with Crippen molar-refractivity contribution in [2.75, 3.05) is 39.3 Å². The zero-order valence-corrected chi connectivity index (χ0v) is 15.2. The molecular weight excluding hydrogens is 298 g/mol. The van der Waals surface area contributed by atoms with Crippen molar-refractivity contribution in [3.8, 4) is 0 Å². The smallest absolute Gasteiger partial charge is 0.131 e. The van der Waals surface area contributed by atoms with Crippen LogP contribution in [0.2, 0.25) is 0 Å². The summed E-state index contributed by atoms with van der Waals surface area (Å²) in [5.74, 6) is 1.70. The van der Waals surface area contributed by atoms with E-state index in [-0.39, 0.29) is 0 Å². The minimum Gasteiger partial charge on any atom is -0.298 e. The van der Waals surface area contributed by atoms with E-state index in [1.807, 2.05) is 0 Å². The number of piperazine rings is 1. The quantitative estimate of drug-likeness (QED) is 0.825. The van der Waals surface area contributed by atoms with Crippen LogP contribution in [0.15, 0.2) is 12.4 Å². The van der Waals surface area contributed by atoms with Crippen LogP contribution < -0.4 is 0 Å². The molecule has 5 nitrogen and oxygen atoms in total. The normalized spacial score (nSPS) is 25.0. The maximum absolute atomic E-state index is 4.59. The number of hydrogen-bond donors (Lipinski definition) is 0. The van der Waals surface area contributed by atoms with Crippen LogP contribution in [-0.4, -0.2) is 76.0 Å². The lowest BCUT2D eigenvalue weighted by Gasteiger charge is -2.48. The molecule has 3 fully saturated rings. The van der Waals surface area contributed by atoms with Gasteiger partial charge in [0.2, 0.25) is 0 Å². The van der Waals surface area contributed by atoms with Crippen LogP contribution >= 0.6 is 0 Å². The monoisotopic (exact) mass is 329 g/mol. The highest BCUT2D eigenvalue weighted by Crippen LogP contribution is 2.34. The van der Waals surface area contributed by atoms with Crippen molar-refractivity contribution in [2.45, 2.75) is 57.7 Å². The second-order valence-electron chi connectivity index (χ2n) is 8.09. The third kappa shape index (κ3) is 3.48. The van der Waals surface area contributed by atoms with Crippen molar-refractivity contribution in [1.82, 2.24) is 24.7 Å². The van der Waals surface area contributed by atoms with Crippen LogP contribution in [0.4, 0.5) is 0 Å². The SMILES string of the molecule is CC(C)N1CCN(C2CN(Cc3cnc(C4CCC4)nc3)C2)CC1. The zero-order chi connectivity index (χ0) is 16.5. The number of rotatable bonds is 5. The van der Waals surface area contributed by atoms with Gasteiger partial charge < -0.3 is 0 Å². The Morgan fingerprint density at radius 3 is 2.25 bits per heavy atom. The molecule has 1 aromatic rings. The standard InChI is InChI=1S/C19H31N5/c1-15(2)23-6-8-24(9-7-23)18-13-22(14-18)12-16-10-20-19(21-11-16)17-4-3-5-17/h10-11,15,17-18H,3-9,12-14H2,1-2H3. The largest absolute Gasteiger partial charge is 0.298 e. The molecule has 3 heterocycles. The average Bonchev–Trinajstić information content (AvgIpc) is 2.50. The Kier molecular flexibility index (Phi) is 4.83. The molecule has 3 aliphatic rings. The van der Waals surface area contributed by atoms with Crippen LogP contribution in [0.3, 0.4) is 0 Å². The molecule has 0 amide bonds. The maximum atomic E-state index is 4.59. The van der Waals surface area contributed by atoms with E-state index in [0.29, 0.717) is 12.0 Å². The maximum Gasteiger partial charge on any atom is 0.131 e. The molecule has 24 heavy (non-hydrogen) atoms. The fraction of sp³-hybridized carbons (Fsp3) is 0.789.